The minimum absolute atomic E-state index is 0.167. The average molecular weight is 375 g/mol. The second kappa shape index (κ2) is 10.0. The second-order valence-corrected chi connectivity index (χ2v) is 7.36. The molecule has 1 unspecified atom stereocenters. The number of hydrogen-bond acceptors (Lipinski definition) is 3. The van der Waals surface area contributed by atoms with Crippen molar-refractivity contribution in [3.05, 3.63) is 78.0 Å². The van der Waals surface area contributed by atoms with Crippen LogP contribution in [0.4, 0.5) is 0 Å². The van der Waals surface area contributed by atoms with Crippen LogP contribution in [0.3, 0.4) is 0 Å². The normalized spacial score (nSPS) is 12.7. The molecular weight excluding hydrogens is 344 g/mol. The molecule has 0 fully saturated rings. The molecule has 0 N–H and O–H groups in total. The van der Waals surface area contributed by atoms with Crippen LogP contribution in [-0.2, 0) is 6.42 Å². The Hall–Kier alpha value is -2.65. The number of likely N-dealkylation sites (N-methyl/N-ethyl adjacent to an activating group) is 1. The van der Waals surface area contributed by atoms with Gasteiger partial charge in [0.1, 0.15) is 6.61 Å². The van der Waals surface area contributed by atoms with Crippen molar-refractivity contribution in [2.45, 2.75) is 32.2 Å². The van der Waals surface area contributed by atoms with Crippen molar-refractivity contribution in [3.8, 4) is 5.88 Å². The van der Waals surface area contributed by atoms with Gasteiger partial charge in [0.25, 0.3) is 0 Å². The van der Waals surface area contributed by atoms with Gasteiger partial charge in [0, 0.05) is 11.1 Å². The third-order valence-corrected chi connectivity index (χ3v) is 4.91. The zero-order valence-corrected chi connectivity index (χ0v) is 17.1. The molecule has 0 spiro atoms. The minimum atomic E-state index is 0.167. The molecule has 0 aliphatic heterocycles. The van der Waals surface area contributed by atoms with Gasteiger partial charge in [-0.3, -0.25) is 4.90 Å². The van der Waals surface area contributed by atoms with E-state index in [-0.39, 0.29) is 6.04 Å². The van der Waals surface area contributed by atoms with E-state index >= 15 is 0 Å². The van der Waals surface area contributed by atoms with Crippen LogP contribution >= 0.6 is 0 Å². The highest BCUT2D eigenvalue weighted by Crippen LogP contribution is 2.25. The van der Waals surface area contributed by atoms with Gasteiger partial charge in [0.15, 0.2) is 0 Å². The highest BCUT2D eigenvalue weighted by atomic mass is 16.5. The van der Waals surface area contributed by atoms with Gasteiger partial charge in [0.05, 0.1) is 6.04 Å². The largest absolute Gasteiger partial charge is 0.475 e. The molecule has 3 nitrogen and oxygen atoms in total. The maximum atomic E-state index is 6.25. The van der Waals surface area contributed by atoms with Crippen LogP contribution in [0.2, 0.25) is 0 Å². The zero-order chi connectivity index (χ0) is 19.8. The lowest BCUT2D eigenvalue weighted by Crippen LogP contribution is -2.32. The first-order valence-corrected chi connectivity index (χ1v) is 10.1. The number of rotatable bonds is 9. The Balaban J connectivity index is 1.79. The summed E-state index contributed by atoms with van der Waals surface area (Å²) in [4.78, 5) is 6.99. The first-order valence-electron chi connectivity index (χ1n) is 10.1. The third kappa shape index (κ3) is 5.43. The van der Waals surface area contributed by atoms with Gasteiger partial charge in [-0.1, -0.05) is 74.0 Å². The van der Waals surface area contributed by atoms with Gasteiger partial charge in [0.2, 0.25) is 5.88 Å². The molecule has 2 aromatic carbocycles. The van der Waals surface area contributed by atoms with Crippen molar-refractivity contribution >= 4 is 16.8 Å². The number of benzene rings is 2. The van der Waals surface area contributed by atoms with Crippen molar-refractivity contribution in [2.75, 3.05) is 20.7 Å². The highest BCUT2D eigenvalue weighted by Gasteiger charge is 2.12. The Kier molecular flexibility index (Phi) is 7.21. The molecule has 3 heteroatoms. The van der Waals surface area contributed by atoms with Crippen molar-refractivity contribution in [1.29, 1.82) is 0 Å². The number of hydrogen-bond donors (Lipinski definition) is 0. The monoisotopic (exact) mass is 374 g/mol. The lowest BCUT2D eigenvalue weighted by Gasteiger charge is -2.21. The standard InChI is InChI=1S/C25H30N2O/c1-4-5-14-22-18-21-13-9-10-15-24(21)25(26-22)28-19-23(27(2)3)17-16-20-11-7-6-8-12-20/h6-13,15-18,23H,4-5,14,19H2,1-3H3. The molecule has 3 rings (SSSR count). The fourth-order valence-electron chi connectivity index (χ4n) is 3.14. The van der Waals surface area contributed by atoms with E-state index in [0.717, 1.165) is 36.2 Å². The number of unbranched alkanes of at least 4 members (excludes halogenated alkanes) is 1. The summed E-state index contributed by atoms with van der Waals surface area (Å²) in [7, 11) is 4.15. The van der Waals surface area contributed by atoms with E-state index < -0.39 is 0 Å². The maximum absolute atomic E-state index is 6.25. The number of ether oxygens (including phenoxy) is 1. The topological polar surface area (TPSA) is 25.4 Å². The van der Waals surface area contributed by atoms with Crippen LogP contribution < -0.4 is 4.74 Å². The molecule has 0 bridgehead atoms. The Morgan fingerprint density at radius 1 is 1.04 bits per heavy atom. The fraction of sp³-hybridized carbons (Fsp3) is 0.320. The quantitative estimate of drug-likeness (QED) is 0.487. The minimum Gasteiger partial charge on any atom is -0.475 e. The van der Waals surface area contributed by atoms with Crippen LogP contribution in [0.5, 0.6) is 5.88 Å². The summed E-state index contributed by atoms with van der Waals surface area (Å²) in [5.41, 5.74) is 2.30. The summed E-state index contributed by atoms with van der Waals surface area (Å²) in [5.74, 6) is 0.740. The average Bonchev–Trinajstić information content (AvgIpc) is 2.72. The molecular formula is C25H30N2O. The van der Waals surface area contributed by atoms with Gasteiger partial charge in [-0.25, -0.2) is 4.98 Å². The molecule has 0 aliphatic carbocycles. The molecule has 1 atom stereocenters. The van der Waals surface area contributed by atoms with Gasteiger partial charge < -0.3 is 4.74 Å². The van der Waals surface area contributed by atoms with Gasteiger partial charge >= 0.3 is 0 Å². The van der Waals surface area contributed by atoms with Crippen molar-refractivity contribution in [1.82, 2.24) is 9.88 Å². The molecule has 0 aliphatic rings. The van der Waals surface area contributed by atoms with E-state index in [9.17, 15) is 0 Å². The first-order chi connectivity index (χ1) is 13.7. The van der Waals surface area contributed by atoms with Crippen LogP contribution in [-0.4, -0.2) is 36.6 Å². The van der Waals surface area contributed by atoms with Crippen molar-refractivity contribution < 1.29 is 4.74 Å². The fourth-order valence-corrected chi connectivity index (χ4v) is 3.14. The predicted molar refractivity (Wildman–Crippen MR) is 119 cm³/mol. The lowest BCUT2D eigenvalue weighted by atomic mass is 10.1. The van der Waals surface area contributed by atoms with Gasteiger partial charge in [-0.05, 0) is 50.0 Å². The van der Waals surface area contributed by atoms with Crippen molar-refractivity contribution in [2.24, 2.45) is 0 Å². The number of aromatic nitrogens is 1. The summed E-state index contributed by atoms with van der Waals surface area (Å²) < 4.78 is 6.25. The van der Waals surface area contributed by atoms with E-state index in [1.165, 1.54) is 10.9 Å². The SMILES string of the molecule is CCCCc1cc2ccccc2c(OCC(C=Cc2ccccc2)N(C)C)n1. The van der Waals surface area contributed by atoms with Crippen LogP contribution in [0, 0.1) is 0 Å². The van der Waals surface area contributed by atoms with Crippen LogP contribution in [0.25, 0.3) is 16.8 Å². The summed E-state index contributed by atoms with van der Waals surface area (Å²) in [6.45, 7) is 2.77. The van der Waals surface area contributed by atoms with E-state index in [4.69, 9.17) is 9.72 Å². The Morgan fingerprint density at radius 2 is 1.79 bits per heavy atom. The molecule has 3 aromatic rings. The highest BCUT2D eigenvalue weighted by molar-refractivity contribution is 5.87. The van der Waals surface area contributed by atoms with E-state index in [2.05, 4.69) is 86.6 Å². The van der Waals surface area contributed by atoms with Crippen LogP contribution in [0.1, 0.15) is 31.0 Å². The summed E-state index contributed by atoms with van der Waals surface area (Å²) >= 11 is 0. The smallest absolute Gasteiger partial charge is 0.221 e. The zero-order valence-electron chi connectivity index (χ0n) is 17.1. The van der Waals surface area contributed by atoms with Crippen LogP contribution in [0.15, 0.2) is 66.7 Å². The lowest BCUT2D eigenvalue weighted by molar-refractivity contribution is 0.213. The molecule has 0 radical (unpaired) electrons. The molecule has 146 valence electrons. The van der Waals surface area contributed by atoms with Gasteiger partial charge in [-0.15, -0.1) is 0 Å². The van der Waals surface area contributed by atoms with E-state index in [0.29, 0.717) is 6.61 Å². The predicted octanol–water partition coefficient (Wildman–Crippen LogP) is 5.60. The molecule has 1 aromatic heterocycles. The van der Waals surface area contributed by atoms with Gasteiger partial charge in [-0.2, -0.15) is 0 Å². The summed E-state index contributed by atoms with van der Waals surface area (Å²) in [5, 5.41) is 2.27. The summed E-state index contributed by atoms with van der Waals surface area (Å²) in [6, 6.07) is 21.1. The second-order valence-electron chi connectivity index (χ2n) is 7.36. The third-order valence-electron chi connectivity index (χ3n) is 4.91. The maximum Gasteiger partial charge on any atom is 0.221 e. The molecule has 0 saturated heterocycles. The van der Waals surface area contributed by atoms with E-state index in [1.807, 2.05) is 12.1 Å². The number of aryl methyl sites for hydroxylation is 1. The molecule has 1 heterocycles. The Bertz CT molecular complexity index is 903. The number of nitrogens with zero attached hydrogens (tertiary/aromatic N) is 2. The number of pyridine rings is 1. The molecule has 0 amide bonds. The van der Waals surface area contributed by atoms with E-state index in [1.54, 1.807) is 0 Å². The molecule has 0 saturated carbocycles. The summed E-state index contributed by atoms with van der Waals surface area (Å²) in [6.07, 6.45) is 7.64. The Morgan fingerprint density at radius 3 is 2.54 bits per heavy atom. The van der Waals surface area contributed by atoms with Crippen molar-refractivity contribution in [3.63, 3.8) is 0 Å². The first kappa shape index (κ1) is 20.1. The molecule has 28 heavy (non-hydrogen) atoms. The number of fused-ring (bicyclic) bond motifs is 1. The Labute approximate surface area is 168 Å².